The van der Waals surface area contributed by atoms with Crippen LogP contribution in [-0.2, 0) is 13.6 Å². The molecule has 4 heteroatoms. The number of rotatable bonds is 6. The largest absolute Gasteiger partial charge is 0.309 e. The van der Waals surface area contributed by atoms with Crippen molar-refractivity contribution < 1.29 is 0 Å². The van der Waals surface area contributed by atoms with Gasteiger partial charge in [-0.1, -0.05) is 26.7 Å². The van der Waals surface area contributed by atoms with Gasteiger partial charge in [0.15, 0.2) is 0 Å². The minimum Gasteiger partial charge on any atom is -0.309 e. The first-order valence-corrected chi connectivity index (χ1v) is 7.15. The summed E-state index contributed by atoms with van der Waals surface area (Å²) in [6, 6.07) is 0. The Balaban J connectivity index is 1.85. The van der Waals surface area contributed by atoms with Crippen molar-refractivity contribution in [2.24, 2.45) is 18.4 Å². The van der Waals surface area contributed by atoms with Crippen LogP contribution in [0.3, 0.4) is 0 Å². The van der Waals surface area contributed by atoms with Crippen LogP contribution in [0.4, 0.5) is 0 Å². The van der Waals surface area contributed by atoms with Crippen molar-refractivity contribution in [2.75, 3.05) is 6.54 Å². The normalized spacial score (nSPS) is 18.7. The van der Waals surface area contributed by atoms with Gasteiger partial charge in [-0.3, -0.25) is 4.68 Å². The molecule has 0 amide bonds. The van der Waals surface area contributed by atoms with Crippen LogP contribution < -0.4 is 5.32 Å². The number of aromatic nitrogens is 3. The van der Waals surface area contributed by atoms with Gasteiger partial charge < -0.3 is 5.32 Å². The van der Waals surface area contributed by atoms with Crippen LogP contribution in [0.5, 0.6) is 0 Å². The van der Waals surface area contributed by atoms with E-state index < -0.39 is 0 Å². The lowest BCUT2D eigenvalue weighted by Crippen LogP contribution is -2.33. The van der Waals surface area contributed by atoms with Gasteiger partial charge in [0.05, 0.1) is 6.54 Å². The maximum absolute atomic E-state index is 4.25. The fourth-order valence-electron chi connectivity index (χ4n) is 3.36. The molecule has 4 nitrogen and oxygen atoms in total. The molecule has 0 saturated heterocycles. The summed E-state index contributed by atoms with van der Waals surface area (Å²) >= 11 is 0. The maximum Gasteiger partial charge on any atom is 0.140 e. The third kappa shape index (κ3) is 3.31. The average Bonchev–Trinajstić information content (AvgIpc) is 2.89. The Bertz CT molecular complexity index is 364. The highest BCUT2D eigenvalue weighted by Crippen LogP contribution is 2.42. The third-order valence-electron chi connectivity index (χ3n) is 4.09. The molecule has 0 aliphatic heterocycles. The van der Waals surface area contributed by atoms with Gasteiger partial charge in [0.1, 0.15) is 12.2 Å². The van der Waals surface area contributed by atoms with Crippen LogP contribution in [0.1, 0.15) is 51.8 Å². The lowest BCUT2D eigenvalue weighted by Gasteiger charge is -2.31. The fourth-order valence-corrected chi connectivity index (χ4v) is 3.36. The summed E-state index contributed by atoms with van der Waals surface area (Å²) in [4.78, 5) is 4.25. The van der Waals surface area contributed by atoms with Crippen LogP contribution >= 0.6 is 0 Å². The molecule has 1 heterocycles. The summed E-state index contributed by atoms with van der Waals surface area (Å²) < 4.78 is 1.84. The Labute approximate surface area is 110 Å². The molecule has 0 atom stereocenters. The van der Waals surface area contributed by atoms with Crippen molar-refractivity contribution in [2.45, 2.75) is 52.5 Å². The molecule has 0 spiro atoms. The summed E-state index contributed by atoms with van der Waals surface area (Å²) in [7, 11) is 1.95. The lowest BCUT2D eigenvalue weighted by atomic mass is 9.78. The standard InChI is InChI=1S/C14H26N4/c1-12(2)8-14(6-4-5-7-14)10-15-9-13-16-11-17-18(13)3/h11-12,15H,4-10H2,1-3H3. The van der Waals surface area contributed by atoms with Crippen molar-refractivity contribution in [1.82, 2.24) is 20.1 Å². The van der Waals surface area contributed by atoms with Gasteiger partial charge in [0.25, 0.3) is 0 Å². The van der Waals surface area contributed by atoms with E-state index in [1.165, 1.54) is 32.1 Å². The molecule has 1 aliphatic carbocycles. The number of aryl methyl sites for hydroxylation is 1. The van der Waals surface area contributed by atoms with E-state index in [1.54, 1.807) is 6.33 Å². The van der Waals surface area contributed by atoms with E-state index in [9.17, 15) is 0 Å². The number of nitrogens with one attached hydrogen (secondary N) is 1. The molecule has 0 aromatic carbocycles. The van der Waals surface area contributed by atoms with Crippen molar-refractivity contribution in [1.29, 1.82) is 0 Å². The van der Waals surface area contributed by atoms with Gasteiger partial charge in [-0.2, -0.15) is 5.10 Å². The first-order chi connectivity index (χ1) is 8.61. The second-order valence-corrected chi connectivity index (χ2v) is 6.21. The Morgan fingerprint density at radius 3 is 2.67 bits per heavy atom. The van der Waals surface area contributed by atoms with Gasteiger partial charge in [0, 0.05) is 13.6 Å². The Kier molecular flexibility index (Phi) is 4.38. The van der Waals surface area contributed by atoms with Gasteiger partial charge in [-0.25, -0.2) is 4.98 Å². The monoisotopic (exact) mass is 250 g/mol. The lowest BCUT2D eigenvalue weighted by molar-refractivity contribution is 0.222. The first-order valence-electron chi connectivity index (χ1n) is 7.15. The van der Waals surface area contributed by atoms with Crippen LogP contribution in [0.15, 0.2) is 6.33 Å². The van der Waals surface area contributed by atoms with E-state index >= 15 is 0 Å². The zero-order valence-electron chi connectivity index (χ0n) is 11.9. The maximum atomic E-state index is 4.25. The van der Waals surface area contributed by atoms with Crippen LogP contribution in [0.25, 0.3) is 0 Å². The van der Waals surface area contributed by atoms with E-state index in [4.69, 9.17) is 0 Å². The summed E-state index contributed by atoms with van der Waals surface area (Å²) in [5.74, 6) is 1.81. The van der Waals surface area contributed by atoms with Crippen molar-refractivity contribution >= 4 is 0 Å². The van der Waals surface area contributed by atoms with Crippen molar-refractivity contribution in [3.05, 3.63) is 12.2 Å². The van der Waals surface area contributed by atoms with E-state index in [0.717, 1.165) is 24.8 Å². The first kappa shape index (κ1) is 13.5. The molecule has 0 bridgehead atoms. The molecule has 2 rings (SSSR count). The minimum absolute atomic E-state index is 0.534. The van der Waals surface area contributed by atoms with Gasteiger partial charge in [-0.05, 0) is 30.6 Å². The Morgan fingerprint density at radius 2 is 2.11 bits per heavy atom. The second-order valence-electron chi connectivity index (χ2n) is 6.21. The van der Waals surface area contributed by atoms with E-state index in [-0.39, 0.29) is 0 Å². The topological polar surface area (TPSA) is 42.7 Å². The summed E-state index contributed by atoms with van der Waals surface area (Å²) in [6.07, 6.45) is 8.54. The molecule has 1 aromatic rings. The second kappa shape index (κ2) is 5.83. The molecule has 0 radical (unpaired) electrons. The number of hydrogen-bond acceptors (Lipinski definition) is 3. The smallest absolute Gasteiger partial charge is 0.140 e. The molecule has 1 saturated carbocycles. The van der Waals surface area contributed by atoms with Gasteiger partial charge in [-0.15, -0.1) is 0 Å². The zero-order valence-corrected chi connectivity index (χ0v) is 11.9. The number of hydrogen-bond donors (Lipinski definition) is 1. The molecule has 1 aliphatic rings. The molecule has 0 unspecified atom stereocenters. The Morgan fingerprint density at radius 1 is 1.39 bits per heavy atom. The fraction of sp³-hybridized carbons (Fsp3) is 0.857. The zero-order chi connectivity index (χ0) is 13.0. The highest BCUT2D eigenvalue weighted by molar-refractivity contribution is 4.89. The molecule has 18 heavy (non-hydrogen) atoms. The predicted octanol–water partition coefficient (Wildman–Crippen LogP) is 2.51. The van der Waals surface area contributed by atoms with E-state index in [2.05, 4.69) is 29.2 Å². The van der Waals surface area contributed by atoms with Crippen LogP contribution in [0.2, 0.25) is 0 Å². The number of nitrogens with zero attached hydrogens (tertiary/aromatic N) is 3. The van der Waals surface area contributed by atoms with Crippen LogP contribution in [0, 0.1) is 11.3 Å². The molecule has 1 N–H and O–H groups in total. The van der Waals surface area contributed by atoms with Gasteiger partial charge in [0.2, 0.25) is 0 Å². The minimum atomic E-state index is 0.534. The summed E-state index contributed by atoms with van der Waals surface area (Å²) in [5.41, 5.74) is 0.534. The van der Waals surface area contributed by atoms with Crippen LogP contribution in [-0.4, -0.2) is 21.3 Å². The summed E-state index contributed by atoms with van der Waals surface area (Å²) in [5, 5.41) is 7.69. The average molecular weight is 250 g/mol. The third-order valence-corrected chi connectivity index (χ3v) is 4.09. The highest BCUT2D eigenvalue weighted by Gasteiger charge is 2.33. The quantitative estimate of drug-likeness (QED) is 0.843. The highest BCUT2D eigenvalue weighted by atomic mass is 15.3. The summed E-state index contributed by atoms with van der Waals surface area (Å²) in [6.45, 7) is 6.62. The predicted molar refractivity (Wildman–Crippen MR) is 73.1 cm³/mol. The molecule has 1 fully saturated rings. The SMILES string of the molecule is CC(C)CC1(CNCc2ncnn2C)CCCC1. The van der Waals surface area contributed by atoms with E-state index in [0.29, 0.717) is 5.41 Å². The molecular formula is C14H26N4. The molecule has 1 aromatic heterocycles. The molecular weight excluding hydrogens is 224 g/mol. The molecule has 102 valence electrons. The van der Waals surface area contributed by atoms with Crippen molar-refractivity contribution in [3.63, 3.8) is 0 Å². The Hall–Kier alpha value is -0.900. The van der Waals surface area contributed by atoms with Crippen molar-refractivity contribution in [3.8, 4) is 0 Å². The van der Waals surface area contributed by atoms with E-state index in [1.807, 2.05) is 11.7 Å². The van der Waals surface area contributed by atoms with Gasteiger partial charge >= 0.3 is 0 Å².